The summed E-state index contributed by atoms with van der Waals surface area (Å²) in [6.45, 7) is -0.480. The molecular formula is C25H23N3O5S. The quantitative estimate of drug-likeness (QED) is 0.436. The maximum Gasteiger partial charge on any atom is 0.340 e. The number of carbonyl (C=O) groups is 2. The number of nitriles is 1. The van der Waals surface area contributed by atoms with Crippen LogP contribution in [0, 0.1) is 11.3 Å². The number of sulfonamides is 1. The van der Waals surface area contributed by atoms with Crippen LogP contribution >= 0.6 is 0 Å². The van der Waals surface area contributed by atoms with Crippen molar-refractivity contribution in [2.75, 3.05) is 29.4 Å². The highest BCUT2D eigenvalue weighted by atomic mass is 32.2. The normalized spacial score (nSPS) is 10.7. The van der Waals surface area contributed by atoms with Gasteiger partial charge in [0.2, 0.25) is 0 Å². The molecule has 0 unspecified atom stereocenters. The Bertz CT molecular complexity index is 1290. The predicted molar refractivity (Wildman–Crippen MR) is 128 cm³/mol. The number of carbonyl (C=O) groups excluding carboxylic acids is 2. The number of hydrogen-bond donors (Lipinski definition) is 0. The molecule has 0 heterocycles. The molecule has 0 saturated carbocycles. The number of rotatable bonds is 9. The van der Waals surface area contributed by atoms with Crippen molar-refractivity contribution >= 4 is 33.3 Å². The van der Waals surface area contributed by atoms with Crippen LogP contribution in [-0.4, -0.2) is 40.5 Å². The summed E-state index contributed by atoms with van der Waals surface area (Å²) in [6, 6.07) is 24.8. The van der Waals surface area contributed by atoms with Crippen molar-refractivity contribution in [3.05, 3.63) is 90.5 Å². The molecule has 0 aliphatic rings. The Hall–Kier alpha value is -4.16. The van der Waals surface area contributed by atoms with E-state index in [1.165, 1.54) is 36.2 Å². The zero-order valence-electron chi connectivity index (χ0n) is 18.5. The number of hydrogen-bond acceptors (Lipinski definition) is 6. The van der Waals surface area contributed by atoms with Crippen molar-refractivity contribution in [1.82, 2.24) is 0 Å². The van der Waals surface area contributed by atoms with Gasteiger partial charge in [0.15, 0.2) is 6.61 Å². The second-order valence-corrected chi connectivity index (χ2v) is 9.11. The van der Waals surface area contributed by atoms with Gasteiger partial charge in [-0.05, 0) is 36.4 Å². The van der Waals surface area contributed by atoms with Crippen molar-refractivity contribution in [2.45, 2.75) is 11.3 Å². The van der Waals surface area contributed by atoms with E-state index >= 15 is 0 Å². The summed E-state index contributed by atoms with van der Waals surface area (Å²) < 4.78 is 32.7. The van der Waals surface area contributed by atoms with Crippen LogP contribution in [0.3, 0.4) is 0 Å². The van der Waals surface area contributed by atoms with Crippen LogP contribution in [0.2, 0.25) is 0 Å². The summed E-state index contributed by atoms with van der Waals surface area (Å²) in [6.07, 6.45) is 0.0987. The molecule has 1 amide bonds. The third kappa shape index (κ3) is 5.60. The molecule has 3 aromatic rings. The number of benzene rings is 3. The van der Waals surface area contributed by atoms with Crippen LogP contribution in [-0.2, 0) is 19.6 Å². The van der Waals surface area contributed by atoms with Gasteiger partial charge in [0.25, 0.3) is 15.9 Å². The van der Waals surface area contributed by atoms with Crippen LogP contribution in [0.5, 0.6) is 0 Å². The van der Waals surface area contributed by atoms with E-state index in [0.29, 0.717) is 11.4 Å². The molecule has 0 aliphatic carbocycles. The Morgan fingerprint density at radius 2 is 1.44 bits per heavy atom. The SMILES string of the molecule is CN(c1ccccc1)S(=O)(=O)c1ccccc1C(=O)OCC(=O)N(CCC#N)c1ccccc1. The van der Waals surface area contributed by atoms with Gasteiger partial charge in [-0.2, -0.15) is 5.26 Å². The monoisotopic (exact) mass is 477 g/mol. The first kappa shape index (κ1) is 24.5. The van der Waals surface area contributed by atoms with E-state index in [9.17, 15) is 18.0 Å². The average molecular weight is 478 g/mol. The third-order valence-electron chi connectivity index (χ3n) is 5.01. The number of esters is 1. The van der Waals surface area contributed by atoms with E-state index < -0.39 is 28.5 Å². The molecule has 3 rings (SSSR count). The van der Waals surface area contributed by atoms with E-state index in [1.54, 1.807) is 60.7 Å². The summed E-state index contributed by atoms with van der Waals surface area (Å²) in [5.74, 6) is -1.47. The Labute approximate surface area is 198 Å². The molecule has 0 atom stereocenters. The fraction of sp³-hybridized carbons (Fsp3) is 0.160. The molecule has 0 spiro atoms. The highest BCUT2D eigenvalue weighted by Crippen LogP contribution is 2.25. The Kier molecular flexibility index (Phi) is 8.01. The highest BCUT2D eigenvalue weighted by molar-refractivity contribution is 7.92. The minimum atomic E-state index is -4.08. The lowest BCUT2D eigenvalue weighted by Gasteiger charge is -2.22. The largest absolute Gasteiger partial charge is 0.452 e. The summed E-state index contributed by atoms with van der Waals surface area (Å²) >= 11 is 0. The maximum atomic E-state index is 13.2. The van der Waals surface area contributed by atoms with Gasteiger partial charge in [-0.3, -0.25) is 9.10 Å². The van der Waals surface area contributed by atoms with Crippen LogP contribution in [0.25, 0.3) is 0 Å². The van der Waals surface area contributed by atoms with Gasteiger partial charge in [-0.15, -0.1) is 0 Å². The molecule has 3 aromatic carbocycles. The van der Waals surface area contributed by atoms with E-state index in [4.69, 9.17) is 10.00 Å². The van der Waals surface area contributed by atoms with Crippen molar-refractivity contribution < 1.29 is 22.7 Å². The Morgan fingerprint density at radius 1 is 0.882 bits per heavy atom. The van der Waals surface area contributed by atoms with Crippen LogP contribution < -0.4 is 9.21 Å². The first-order valence-corrected chi connectivity index (χ1v) is 11.8. The van der Waals surface area contributed by atoms with Crippen molar-refractivity contribution in [2.24, 2.45) is 0 Å². The summed E-state index contributed by atoms with van der Waals surface area (Å²) in [5.41, 5.74) is 0.810. The molecule has 0 aliphatic heterocycles. The smallest absolute Gasteiger partial charge is 0.340 e. The van der Waals surface area contributed by atoms with E-state index in [2.05, 4.69) is 0 Å². The molecule has 0 saturated heterocycles. The molecule has 8 nitrogen and oxygen atoms in total. The van der Waals surface area contributed by atoms with E-state index in [-0.39, 0.29) is 23.4 Å². The van der Waals surface area contributed by atoms with Gasteiger partial charge >= 0.3 is 5.97 Å². The van der Waals surface area contributed by atoms with Gasteiger partial charge in [-0.25, -0.2) is 13.2 Å². The molecule has 0 radical (unpaired) electrons. The van der Waals surface area contributed by atoms with Crippen LogP contribution in [0.4, 0.5) is 11.4 Å². The van der Waals surface area contributed by atoms with Crippen LogP contribution in [0.1, 0.15) is 16.8 Å². The molecule has 34 heavy (non-hydrogen) atoms. The topological polar surface area (TPSA) is 108 Å². The second kappa shape index (κ2) is 11.1. The second-order valence-electron chi connectivity index (χ2n) is 7.17. The summed E-state index contributed by atoms with van der Waals surface area (Å²) in [4.78, 5) is 26.7. The standard InChI is InChI=1S/C25H23N3O5S/c1-27(20-11-4-2-5-12-20)34(31,32)23-16-9-8-15-22(23)25(30)33-19-24(29)28(18-10-17-26)21-13-6-3-7-14-21/h2-9,11-16H,10,18-19H2,1H3. The first-order chi connectivity index (χ1) is 16.4. The molecular weight excluding hydrogens is 454 g/mol. The molecule has 174 valence electrons. The minimum absolute atomic E-state index is 0.0987. The van der Waals surface area contributed by atoms with Gasteiger partial charge in [0.05, 0.1) is 23.7 Å². The lowest BCUT2D eigenvalue weighted by atomic mass is 10.2. The summed E-state index contributed by atoms with van der Waals surface area (Å²) in [7, 11) is -2.68. The summed E-state index contributed by atoms with van der Waals surface area (Å²) in [5, 5.41) is 8.91. The van der Waals surface area contributed by atoms with Crippen LogP contribution in [0.15, 0.2) is 89.8 Å². The zero-order valence-corrected chi connectivity index (χ0v) is 19.3. The van der Waals surface area contributed by atoms with Gasteiger partial charge in [-0.1, -0.05) is 48.5 Å². The van der Waals surface area contributed by atoms with Gasteiger partial charge < -0.3 is 9.64 Å². The first-order valence-electron chi connectivity index (χ1n) is 10.4. The predicted octanol–water partition coefficient (Wildman–Crippen LogP) is 3.62. The van der Waals surface area contributed by atoms with Crippen molar-refractivity contribution in [1.29, 1.82) is 5.26 Å². The molecule has 0 fully saturated rings. The number of nitrogens with zero attached hydrogens (tertiary/aromatic N) is 3. The molecule has 0 N–H and O–H groups in total. The number of ether oxygens (including phenoxy) is 1. The van der Waals surface area contributed by atoms with E-state index in [1.807, 2.05) is 6.07 Å². The maximum absolute atomic E-state index is 13.2. The number of para-hydroxylation sites is 2. The molecule has 0 aromatic heterocycles. The van der Waals surface area contributed by atoms with Crippen molar-refractivity contribution in [3.63, 3.8) is 0 Å². The van der Waals surface area contributed by atoms with Crippen molar-refractivity contribution in [3.8, 4) is 6.07 Å². The Morgan fingerprint density at radius 3 is 2.06 bits per heavy atom. The molecule has 0 bridgehead atoms. The number of amides is 1. The van der Waals surface area contributed by atoms with Gasteiger partial charge in [0, 0.05) is 19.3 Å². The van der Waals surface area contributed by atoms with E-state index in [0.717, 1.165) is 4.31 Å². The third-order valence-corrected chi connectivity index (χ3v) is 6.85. The van der Waals surface area contributed by atoms with Gasteiger partial charge in [0.1, 0.15) is 4.90 Å². The fourth-order valence-electron chi connectivity index (χ4n) is 3.23. The lowest BCUT2D eigenvalue weighted by Crippen LogP contribution is -2.35. The fourth-order valence-corrected chi connectivity index (χ4v) is 4.61. The average Bonchev–Trinajstić information content (AvgIpc) is 2.88. The Balaban J connectivity index is 1.79. The highest BCUT2D eigenvalue weighted by Gasteiger charge is 2.28. The number of anilines is 2. The zero-order chi connectivity index (χ0) is 24.6. The lowest BCUT2D eigenvalue weighted by molar-refractivity contribution is -0.121. The molecule has 9 heteroatoms. The minimum Gasteiger partial charge on any atom is -0.452 e.